The molecule has 150 valence electrons. The van der Waals surface area contributed by atoms with Crippen LogP contribution >= 0.6 is 0 Å². The molecule has 1 amide bonds. The minimum Gasteiger partial charge on any atom is -0.486 e. The molecule has 0 unspecified atom stereocenters. The third-order valence-corrected chi connectivity index (χ3v) is 4.28. The smallest absolute Gasteiger partial charge is 0.331 e. The number of benzene rings is 2. The average molecular weight is 397 g/mol. The Balaban J connectivity index is 1.31. The predicted octanol–water partition coefficient (Wildman–Crippen LogP) is 2.77. The standard InChI is InChI=1S/C21H19NO7/c1-13(21(24)22-15-4-6-16-19(11-15)26-9-8-25-16)29-20(23)7-3-14-2-5-17-18(10-14)28-12-27-17/h2-7,10-11,13H,8-9,12H2,1H3,(H,22,24)/b7-3+/t13-/m1/s1. The summed E-state index contributed by atoms with van der Waals surface area (Å²) in [5, 5.41) is 2.69. The van der Waals surface area contributed by atoms with Crippen LogP contribution < -0.4 is 24.3 Å². The molecule has 0 bridgehead atoms. The Hall–Kier alpha value is -3.68. The van der Waals surface area contributed by atoms with Gasteiger partial charge in [-0.25, -0.2) is 4.79 Å². The van der Waals surface area contributed by atoms with E-state index in [2.05, 4.69) is 5.32 Å². The molecule has 0 radical (unpaired) electrons. The molecule has 2 aromatic rings. The summed E-state index contributed by atoms with van der Waals surface area (Å²) in [5.41, 5.74) is 1.28. The van der Waals surface area contributed by atoms with Crippen molar-refractivity contribution in [2.24, 2.45) is 0 Å². The van der Waals surface area contributed by atoms with Gasteiger partial charge in [0.1, 0.15) is 13.2 Å². The van der Waals surface area contributed by atoms with E-state index in [4.69, 9.17) is 23.7 Å². The molecule has 1 N–H and O–H groups in total. The van der Waals surface area contributed by atoms with Crippen LogP contribution in [-0.2, 0) is 14.3 Å². The lowest BCUT2D eigenvalue weighted by Gasteiger charge is -2.19. The Kier molecular flexibility index (Phi) is 5.24. The van der Waals surface area contributed by atoms with E-state index in [0.717, 1.165) is 5.56 Å². The van der Waals surface area contributed by atoms with E-state index in [1.54, 1.807) is 42.5 Å². The lowest BCUT2D eigenvalue weighted by atomic mass is 10.2. The second kappa shape index (κ2) is 8.14. The van der Waals surface area contributed by atoms with Crippen LogP contribution in [0.2, 0.25) is 0 Å². The molecule has 0 saturated heterocycles. The van der Waals surface area contributed by atoms with E-state index in [1.807, 2.05) is 0 Å². The van der Waals surface area contributed by atoms with Crippen molar-refractivity contribution in [1.29, 1.82) is 0 Å². The Labute approximate surface area is 167 Å². The molecule has 4 rings (SSSR count). The van der Waals surface area contributed by atoms with Crippen LogP contribution in [-0.4, -0.2) is 38.0 Å². The van der Waals surface area contributed by atoms with Crippen LogP contribution in [0.1, 0.15) is 12.5 Å². The van der Waals surface area contributed by atoms with E-state index < -0.39 is 18.0 Å². The number of hydrogen-bond acceptors (Lipinski definition) is 7. The van der Waals surface area contributed by atoms with Crippen molar-refractivity contribution in [2.45, 2.75) is 13.0 Å². The molecule has 0 aliphatic carbocycles. The van der Waals surface area contributed by atoms with Crippen LogP contribution in [0.25, 0.3) is 6.08 Å². The number of amides is 1. The number of carbonyl (C=O) groups excluding carboxylic acids is 2. The monoisotopic (exact) mass is 397 g/mol. The predicted molar refractivity (Wildman–Crippen MR) is 103 cm³/mol. The summed E-state index contributed by atoms with van der Waals surface area (Å²) in [5.74, 6) is 1.38. The van der Waals surface area contributed by atoms with Crippen molar-refractivity contribution < 1.29 is 33.3 Å². The first-order valence-electron chi connectivity index (χ1n) is 9.07. The number of nitrogens with one attached hydrogen (secondary N) is 1. The highest BCUT2D eigenvalue weighted by atomic mass is 16.7. The highest BCUT2D eigenvalue weighted by Gasteiger charge is 2.19. The average Bonchev–Trinajstić information content (AvgIpc) is 3.20. The summed E-state index contributed by atoms with van der Waals surface area (Å²) in [7, 11) is 0. The summed E-state index contributed by atoms with van der Waals surface area (Å²) >= 11 is 0. The first kappa shape index (κ1) is 18.7. The zero-order valence-electron chi connectivity index (χ0n) is 15.7. The van der Waals surface area contributed by atoms with Gasteiger partial charge in [0.15, 0.2) is 29.1 Å². The maximum atomic E-state index is 12.3. The number of anilines is 1. The fourth-order valence-electron chi connectivity index (χ4n) is 2.81. The molecule has 2 aliphatic heterocycles. The molecule has 2 aromatic carbocycles. The largest absolute Gasteiger partial charge is 0.486 e. The molecule has 2 heterocycles. The topological polar surface area (TPSA) is 92.3 Å². The molecule has 0 saturated carbocycles. The summed E-state index contributed by atoms with van der Waals surface area (Å²) in [6.45, 7) is 2.62. The van der Waals surface area contributed by atoms with E-state index in [-0.39, 0.29) is 6.79 Å². The molecule has 8 heteroatoms. The van der Waals surface area contributed by atoms with Gasteiger partial charge in [-0.15, -0.1) is 0 Å². The van der Waals surface area contributed by atoms with Gasteiger partial charge in [0.05, 0.1) is 0 Å². The maximum absolute atomic E-state index is 12.3. The van der Waals surface area contributed by atoms with Crippen molar-refractivity contribution in [3.63, 3.8) is 0 Å². The summed E-state index contributed by atoms with van der Waals surface area (Å²) in [4.78, 5) is 24.3. The van der Waals surface area contributed by atoms with Gasteiger partial charge in [-0.1, -0.05) is 6.07 Å². The van der Waals surface area contributed by atoms with Crippen molar-refractivity contribution in [3.05, 3.63) is 48.0 Å². The lowest BCUT2D eigenvalue weighted by molar-refractivity contribution is -0.148. The van der Waals surface area contributed by atoms with Crippen molar-refractivity contribution in [3.8, 4) is 23.0 Å². The normalized spacial score (nSPS) is 15.1. The highest BCUT2D eigenvalue weighted by molar-refractivity contribution is 5.96. The van der Waals surface area contributed by atoms with E-state index in [1.165, 1.54) is 13.0 Å². The number of carbonyl (C=O) groups is 2. The second-order valence-corrected chi connectivity index (χ2v) is 6.37. The molecule has 2 aliphatic rings. The highest BCUT2D eigenvalue weighted by Crippen LogP contribution is 2.33. The molecule has 0 fully saturated rings. The maximum Gasteiger partial charge on any atom is 0.331 e. The molecular weight excluding hydrogens is 378 g/mol. The summed E-state index contributed by atoms with van der Waals surface area (Å²) in [6, 6.07) is 10.4. The summed E-state index contributed by atoms with van der Waals surface area (Å²) in [6.07, 6.45) is 1.86. The van der Waals surface area contributed by atoms with Gasteiger partial charge in [0, 0.05) is 17.8 Å². The zero-order chi connectivity index (χ0) is 20.2. The number of hydrogen-bond donors (Lipinski definition) is 1. The molecule has 29 heavy (non-hydrogen) atoms. The molecule has 8 nitrogen and oxygen atoms in total. The quantitative estimate of drug-likeness (QED) is 0.613. The van der Waals surface area contributed by atoms with Crippen molar-refractivity contribution >= 4 is 23.6 Å². The van der Waals surface area contributed by atoms with Gasteiger partial charge < -0.3 is 29.0 Å². The SMILES string of the molecule is C[C@@H](OC(=O)/C=C/c1ccc2c(c1)OCO2)C(=O)Nc1ccc2c(c1)OCCO2. The Morgan fingerprint density at radius 2 is 1.66 bits per heavy atom. The Morgan fingerprint density at radius 3 is 2.52 bits per heavy atom. The van der Waals surface area contributed by atoms with Gasteiger partial charge in [0.25, 0.3) is 5.91 Å². The molecule has 0 spiro atoms. The third kappa shape index (κ3) is 4.43. The number of rotatable bonds is 5. The third-order valence-electron chi connectivity index (χ3n) is 4.28. The summed E-state index contributed by atoms with van der Waals surface area (Å²) < 4.78 is 26.6. The van der Waals surface area contributed by atoms with Crippen LogP contribution in [0.15, 0.2) is 42.5 Å². The number of esters is 1. The molecule has 0 aromatic heterocycles. The van der Waals surface area contributed by atoms with E-state index >= 15 is 0 Å². The van der Waals surface area contributed by atoms with Crippen molar-refractivity contribution in [2.75, 3.05) is 25.3 Å². The van der Waals surface area contributed by atoms with E-state index in [9.17, 15) is 9.59 Å². The minimum absolute atomic E-state index is 0.181. The fourth-order valence-corrected chi connectivity index (χ4v) is 2.81. The van der Waals surface area contributed by atoms with Gasteiger partial charge in [-0.05, 0) is 42.8 Å². The van der Waals surface area contributed by atoms with Crippen LogP contribution in [0.4, 0.5) is 5.69 Å². The lowest BCUT2D eigenvalue weighted by Crippen LogP contribution is -2.29. The van der Waals surface area contributed by atoms with Crippen LogP contribution in [0.3, 0.4) is 0 Å². The van der Waals surface area contributed by atoms with Gasteiger partial charge >= 0.3 is 5.97 Å². The molecule has 1 atom stereocenters. The van der Waals surface area contributed by atoms with Crippen LogP contribution in [0, 0.1) is 0 Å². The second-order valence-electron chi connectivity index (χ2n) is 6.37. The van der Waals surface area contributed by atoms with Crippen molar-refractivity contribution in [1.82, 2.24) is 0 Å². The number of fused-ring (bicyclic) bond motifs is 2. The zero-order valence-corrected chi connectivity index (χ0v) is 15.7. The fraction of sp³-hybridized carbons (Fsp3) is 0.238. The van der Waals surface area contributed by atoms with Gasteiger partial charge in [-0.3, -0.25) is 4.79 Å². The minimum atomic E-state index is -0.975. The van der Waals surface area contributed by atoms with Crippen LogP contribution in [0.5, 0.6) is 23.0 Å². The first-order chi connectivity index (χ1) is 14.1. The molecular formula is C21H19NO7. The first-order valence-corrected chi connectivity index (χ1v) is 9.07. The Bertz CT molecular complexity index is 969. The van der Waals surface area contributed by atoms with Gasteiger partial charge in [-0.2, -0.15) is 0 Å². The van der Waals surface area contributed by atoms with Gasteiger partial charge in [0.2, 0.25) is 6.79 Å². The van der Waals surface area contributed by atoms with E-state index in [0.29, 0.717) is 41.9 Å². The Morgan fingerprint density at radius 1 is 0.966 bits per heavy atom. The number of ether oxygens (including phenoxy) is 5.